The van der Waals surface area contributed by atoms with Gasteiger partial charge in [-0.25, -0.2) is 9.97 Å². The summed E-state index contributed by atoms with van der Waals surface area (Å²) in [4.78, 5) is 28.7. The number of aryl methyl sites for hydroxylation is 1. The van der Waals surface area contributed by atoms with Gasteiger partial charge in [-0.2, -0.15) is 0 Å². The van der Waals surface area contributed by atoms with Crippen LogP contribution in [0.2, 0.25) is 5.02 Å². The van der Waals surface area contributed by atoms with Gasteiger partial charge in [0.1, 0.15) is 5.82 Å². The molecule has 3 aromatic heterocycles. The Hall–Kier alpha value is -3.25. The van der Waals surface area contributed by atoms with Crippen molar-refractivity contribution >= 4 is 34.4 Å². The third-order valence-electron chi connectivity index (χ3n) is 3.90. The molecule has 0 aliphatic heterocycles. The van der Waals surface area contributed by atoms with Gasteiger partial charge < -0.3 is 10.3 Å². The summed E-state index contributed by atoms with van der Waals surface area (Å²) in [6.45, 7) is 1.89. The molecular weight excluding hydrogens is 350 g/mol. The summed E-state index contributed by atoms with van der Waals surface area (Å²) in [5.74, 6) is 0.344. The molecular formula is C19H14ClN5O. The molecule has 0 fully saturated rings. The normalized spacial score (nSPS) is 10.8. The molecule has 0 saturated carbocycles. The Kier molecular flexibility index (Phi) is 4.10. The molecule has 0 aliphatic carbocycles. The van der Waals surface area contributed by atoms with Gasteiger partial charge in [0.15, 0.2) is 5.65 Å². The lowest BCUT2D eigenvalue weighted by Gasteiger charge is -2.05. The lowest BCUT2D eigenvalue weighted by molar-refractivity contribution is 0.102. The number of halogens is 1. The van der Waals surface area contributed by atoms with Crippen molar-refractivity contribution in [3.05, 3.63) is 71.1 Å². The zero-order valence-corrected chi connectivity index (χ0v) is 14.6. The summed E-state index contributed by atoms with van der Waals surface area (Å²) in [7, 11) is 0. The number of benzene rings is 1. The van der Waals surface area contributed by atoms with Gasteiger partial charge in [0.25, 0.3) is 5.91 Å². The second kappa shape index (κ2) is 6.57. The highest BCUT2D eigenvalue weighted by Crippen LogP contribution is 2.24. The van der Waals surface area contributed by atoms with Crippen LogP contribution in [0.3, 0.4) is 0 Å². The minimum atomic E-state index is -0.260. The van der Waals surface area contributed by atoms with Crippen molar-refractivity contribution < 1.29 is 4.79 Å². The highest BCUT2D eigenvalue weighted by Gasteiger charge is 2.15. The van der Waals surface area contributed by atoms with E-state index < -0.39 is 0 Å². The number of carbonyl (C=O) groups excluding carboxylic acids is 1. The number of imidazole rings is 1. The molecule has 0 bridgehead atoms. The van der Waals surface area contributed by atoms with E-state index in [1.807, 2.05) is 31.2 Å². The van der Waals surface area contributed by atoms with Crippen LogP contribution in [0, 0.1) is 6.92 Å². The number of rotatable bonds is 3. The maximum Gasteiger partial charge on any atom is 0.258 e. The summed E-state index contributed by atoms with van der Waals surface area (Å²) < 4.78 is 0. The van der Waals surface area contributed by atoms with Crippen LogP contribution in [0.25, 0.3) is 22.6 Å². The standard InChI is InChI=1S/C19H14ClN5O/c1-11-5-6-14(10-22-11)23-19(26)15-7-8-21-18-16(15)24-17(25-18)12-3-2-4-13(20)9-12/h2-10H,1H3,(H,23,26)(H,21,24,25). The fourth-order valence-corrected chi connectivity index (χ4v) is 2.80. The number of nitrogens with one attached hydrogen (secondary N) is 2. The number of aromatic amines is 1. The number of hydrogen-bond donors (Lipinski definition) is 2. The number of anilines is 1. The molecule has 4 rings (SSSR count). The molecule has 0 unspecified atom stereocenters. The van der Waals surface area contributed by atoms with Gasteiger partial charge in [0.2, 0.25) is 0 Å². The first-order chi connectivity index (χ1) is 12.6. The third kappa shape index (κ3) is 3.14. The maximum absolute atomic E-state index is 12.7. The minimum absolute atomic E-state index is 0.260. The van der Waals surface area contributed by atoms with Crippen LogP contribution in [0.1, 0.15) is 16.1 Å². The van der Waals surface area contributed by atoms with Crippen LogP contribution in [-0.2, 0) is 0 Å². The van der Waals surface area contributed by atoms with Crippen LogP contribution in [0.4, 0.5) is 5.69 Å². The zero-order valence-electron chi connectivity index (χ0n) is 13.8. The second-order valence-electron chi connectivity index (χ2n) is 5.80. The minimum Gasteiger partial charge on any atom is -0.336 e. The Labute approximate surface area is 154 Å². The first kappa shape index (κ1) is 16.2. The molecule has 3 heterocycles. The molecule has 128 valence electrons. The average Bonchev–Trinajstić information content (AvgIpc) is 3.08. The largest absolute Gasteiger partial charge is 0.336 e. The predicted molar refractivity (Wildman–Crippen MR) is 101 cm³/mol. The van der Waals surface area contributed by atoms with Crippen LogP contribution >= 0.6 is 11.6 Å². The molecule has 0 saturated heterocycles. The summed E-state index contributed by atoms with van der Waals surface area (Å²) >= 11 is 6.05. The number of pyridine rings is 2. The molecule has 0 aliphatic rings. The monoisotopic (exact) mass is 363 g/mol. The van der Waals surface area contributed by atoms with E-state index in [4.69, 9.17) is 11.6 Å². The Morgan fingerprint density at radius 2 is 2.04 bits per heavy atom. The average molecular weight is 364 g/mol. The maximum atomic E-state index is 12.7. The van der Waals surface area contributed by atoms with E-state index in [0.717, 1.165) is 11.3 Å². The van der Waals surface area contributed by atoms with E-state index in [2.05, 4.69) is 25.3 Å². The summed E-state index contributed by atoms with van der Waals surface area (Å²) in [6.07, 6.45) is 3.18. The van der Waals surface area contributed by atoms with Gasteiger partial charge in [-0.05, 0) is 37.3 Å². The first-order valence-corrected chi connectivity index (χ1v) is 8.32. The Morgan fingerprint density at radius 3 is 2.81 bits per heavy atom. The van der Waals surface area contributed by atoms with Crippen molar-refractivity contribution in [3.63, 3.8) is 0 Å². The zero-order chi connectivity index (χ0) is 18.1. The predicted octanol–water partition coefficient (Wildman–Crippen LogP) is 4.23. The molecule has 1 amide bonds. The van der Waals surface area contributed by atoms with Crippen molar-refractivity contribution in [3.8, 4) is 11.4 Å². The van der Waals surface area contributed by atoms with Gasteiger partial charge in [0.05, 0.1) is 23.0 Å². The SMILES string of the molecule is Cc1ccc(NC(=O)c2ccnc3nc(-c4cccc(Cl)c4)[nH]c23)cn1. The van der Waals surface area contributed by atoms with Crippen molar-refractivity contribution in [2.24, 2.45) is 0 Å². The lowest BCUT2D eigenvalue weighted by atomic mass is 10.2. The second-order valence-corrected chi connectivity index (χ2v) is 6.23. The summed E-state index contributed by atoms with van der Waals surface area (Å²) in [6, 6.07) is 12.6. The quantitative estimate of drug-likeness (QED) is 0.570. The van der Waals surface area contributed by atoms with E-state index in [0.29, 0.717) is 33.3 Å². The fourth-order valence-electron chi connectivity index (χ4n) is 2.61. The van der Waals surface area contributed by atoms with E-state index in [1.54, 1.807) is 30.6 Å². The van der Waals surface area contributed by atoms with E-state index >= 15 is 0 Å². The number of H-pyrrole nitrogens is 1. The Balaban J connectivity index is 1.71. The molecule has 4 aromatic rings. The summed E-state index contributed by atoms with van der Waals surface area (Å²) in [5.41, 5.74) is 3.82. The molecule has 7 heteroatoms. The van der Waals surface area contributed by atoms with Crippen molar-refractivity contribution in [2.45, 2.75) is 6.92 Å². The van der Waals surface area contributed by atoms with E-state index in [-0.39, 0.29) is 5.91 Å². The van der Waals surface area contributed by atoms with Crippen LogP contribution in [0.15, 0.2) is 54.9 Å². The highest BCUT2D eigenvalue weighted by molar-refractivity contribution is 6.30. The van der Waals surface area contributed by atoms with Crippen molar-refractivity contribution in [1.29, 1.82) is 0 Å². The molecule has 0 spiro atoms. The topological polar surface area (TPSA) is 83.6 Å². The van der Waals surface area contributed by atoms with E-state index in [1.165, 1.54) is 0 Å². The summed E-state index contributed by atoms with van der Waals surface area (Å²) in [5, 5.41) is 3.45. The molecule has 26 heavy (non-hydrogen) atoms. The number of aromatic nitrogens is 4. The molecule has 0 atom stereocenters. The number of nitrogens with zero attached hydrogens (tertiary/aromatic N) is 3. The van der Waals surface area contributed by atoms with Gasteiger partial charge in [0, 0.05) is 22.5 Å². The number of hydrogen-bond acceptors (Lipinski definition) is 4. The van der Waals surface area contributed by atoms with Gasteiger partial charge in [-0.1, -0.05) is 23.7 Å². The molecule has 6 nitrogen and oxygen atoms in total. The molecule has 1 aromatic carbocycles. The lowest BCUT2D eigenvalue weighted by Crippen LogP contribution is -2.12. The first-order valence-electron chi connectivity index (χ1n) is 7.95. The number of fused-ring (bicyclic) bond motifs is 1. The van der Waals surface area contributed by atoms with Crippen molar-refractivity contribution in [2.75, 3.05) is 5.32 Å². The van der Waals surface area contributed by atoms with Gasteiger partial charge in [-0.15, -0.1) is 0 Å². The number of amides is 1. The van der Waals surface area contributed by atoms with Crippen LogP contribution in [0.5, 0.6) is 0 Å². The Bertz CT molecular complexity index is 1100. The van der Waals surface area contributed by atoms with Crippen molar-refractivity contribution in [1.82, 2.24) is 19.9 Å². The molecule has 2 N–H and O–H groups in total. The Morgan fingerprint density at radius 1 is 1.15 bits per heavy atom. The molecule has 0 radical (unpaired) electrons. The number of carbonyl (C=O) groups is 1. The van der Waals surface area contributed by atoms with E-state index in [9.17, 15) is 4.79 Å². The highest BCUT2D eigenvalue weighted by atomic mass is 35.5. The van der Waals surface area contributed by atoms with Gasteiger partial charge >= 0.3 is 0 Å². The van der Waals surface area contributed by atoms with Crippen LogP contribution in [-0.4, -0.2) is 25.8 Å². The van der Waals surface area contributed by atoms with Gasteiger partial charge in [-0.3, -0.25) is 9.78 Å². The smallest absolute Gasteiger partial charge is 0.258 e. The van der Waals surface area contributed by atoms with Crippen LogP contribution < -0.4 is 5.32 Å². The fraction of sp³-hybridized carbons (Fsp3) is 0.0526. The third-order valence-corrected chi connectivity index (χ3v) is 4.14.